The van der Waals surface area contributed by atoms with E-state index in [1.165, 1.54) is 5.69 Å². The molecule has 2 heterocycles. The van der Waals surface area contributed by atoms with Gasteiger partial charge in [-0.15, -0.1) is 0 Å². The molecule has 0 radical (unpaired) electrons. The Kier molecular flexibility index (Phi) is 6.29. The summed E-state index contributed by atoms with van der Waals surface area (Å²) in [5.41, 5.74) is 2.61. The minimum Gasteiger partial charge on any atom is -0.369 e. The molecule has 1 aliphatic rings. The fourth-order valence-corrected chi connectivity index (χ4v) is 3.92. The lowest BCUT2D eigenvalue weighted by atomic mass is 9.92. The molecule has 1 aliphatic heterocycles. The zero-order valence-corrected chi connectivity index (χ0v) is 17.0. The Hall–Kier alpha value is -2.18. The number of benzene rings is 1. The quantitative estimate of drug-likeness (QED) is 0.811. The Balaban J connectivity index is 1.51. The van der Waals surface area contributed by atoms with Gasteiger partial charge in [0.25, 0.3) is 0 Å². The van der Waals surface area contributed by atoms with Crippen molar-refractivity contribution in [2.45, 2.75) is 13.8 Å². The number of nitrogens with one attached hydrogen (secondary N) is 1. The second kappa shape index (κ2) is 8.67. The van der Waals surface area contributed by atoms with E-state index < -0.39 is 0 Å². The van der Waals surface area contributed by atoms with Crippen LogP contribution in [0.3, 0.4) is 0 Å². The van der Waals surface area contributed by atoms with Crippen molar-refractivity contribution in [2.24, 2.45) is 5.41 Å². The second-order valence-electron chi connectivity index (χ2n) is 8.41. The maximum Gasteiger partial charge on any atom is 0.227 e. The van der Waals surface area contributed by atoms with Crippen LogP contribution in [0.4, 0.5) is 17.3 Å². The maximum absolute atomic E-state index is 4.20. The summed E-state index contributed by atoms with van der Waals surface area (Å²) in [6.07, 6.45) is 3.48. The molecule has 0 atom stereocenters. The van der Waals surface area contributed by atoms with Gasteiger partial charge >= 0.3 is 0 Å². The third kappa shape index (κ3) is 5.91. The van der Waals surface area contributed by atoms with Crippen molar-refractivity contribution in [1.29, 1.82) is 0 Å². The zero-order valence-electron chi connectivity index (χ0n) is 17.0. The maximum atomic E-state index is 4.20. The van der Waals surface area contributed by atoms with Gasteiger partial charge in [-0.2, -0.15) is 0 Å². The number of hydrogen-bond donors (Lipinski definition) is 1. The van der Waals surface area contributed by atoms with E-state index in [0.717, 1.165) is 45.0 Å². The summed E-state index contributed by atoms with van der Waals surface area (Å²) in [7, 11) is 4.31. The van der Waals surface area contributed by atoms with Crippen LogP contribution in [0, 0.1) is 5.41 Å². The summed E-state index contributed by atoms with van der Waals surface area (Å²) in [6.45, 7) is 11.4. The molecule has 27 heavy (non-hydrogen) atoms. The molecule has 1 aromatic heterocycles. The van der Waals surface area contributed by atoms with E-state index in [4.69, 9.17) is 0 Å². The Morgan fingerprint density at radius 2 is 1.63 bits per heavy atom. The first-order chi connectivity index (χ1) is 12.9. The van der Waals surface area contributed by atoms with E-state index in [-0.39, 0.29) is 0 Å². The Morgan fingerprint density at radius 3 is 2.22 bits per heavy atom. The van der Waals surface area contributed by atoms with Crippen molar-refractivity contribution in [3.8, 4) is 0 Å². The molecule has 1 saturated heterocycles. The largest absolute Gasteiger partial charge is 0.369 e. The third-order valence-electron chi connectivity index (χ3n) is 4.82. The topological polar surface area (TPSA) is 47.5 Å². The number of piperazine rings is 1. The minimum atomic E-state index is 0.318. The van der Waals surface area contributed by atoms with Crippen LogP contribution in [0.5, 0.6) is 0 Å². The molecule has 0 aliphatic carbocycles. The summed E-state index contributed by atoms with van der Waals surface area (Å²) in [4.78, 5) is 15.8. The molecule has 6 heteroatoms. The highest BCUT2D eigenvalue weighted by Crippen LogP contribution is 2.23. The predicted molar refractivity (Wildman–Crippen MR) is 113 cm³/mol. The molecule has 6 nitrogen and oxygen atoms in total. The predicted octanol–water partition coefficient (Wildman–Crippen LogP) is 2.93. The van der Waals surface area contributed by atoms with Crippen LogP contribution in [-0.2, 0) is 0 Å². The molecule has 1 N–H and O–H groups in total. The highest BCUT2D eigenvalue weighted by Gasteiger charge is 2.25. The van der Waals surface area contributed by atoms with Crippen molar-refractivity contribution < 1.29 is 0 Å². The minimum absolute atomic E-state index is 0.318. The van der Waals surface area contributed by atoms with Crippen LogP contribution in [0.25, 0.3) is 0 Å². The lowest BCUT2D eigenvalue weighted by molar-refractivity contribution is 0.139. The van der Waals surface area contributed by atoms with Crippen LogP contribution in [0.2, 0.25) is 0 Å². The SMILES string of the molecule is CN(C)CC(C)(C)CN1CCN(c2ccc(Nc3ncccn3)cc2)CC1. The van der Waals surface area contributed by atoms with Gasteiger partial charge in [0.2, 0.25) is 5.95 Å². The van der Waals surface area contributed by atoms with Gasteiger partial charge in [0.15, 0.2) is 0 Å². The van der Waals surface area contributed by atoms with Crippen LogP contribution in [0.1, 0.15) is 13.8 Å². The molecule has 3 rings (SSSR count). The number of rotatable bonds is 7. The molecule has 1 aromatic carbocycles. The van der Waals surface area contributed by atoms with Crippen molar-refractivity contribution >= 4 is 17.3 Å². The molecule has 1 fully saturated rings. The molecule has 0 spiro atoms. The van der Waals surface area contributed by atoms with E-state index >= 15 is 0 Å². The fraction of sp³-hybridized carbons (Fsp3) is 0.524. The Bertz CT molecular complexity index is 690. The zero-order chi connectivity index (χ0) is 19.3. The van der Waals surface area contributed by atoms with Gasteiger partial charge in [-0.1, -0.05) is 13.8 Å². The van der Waals surface area contributed by atoms with E-state index in [1.807, 2.05) is 6.07 Å². The van der Waals surface area contributed by atoms with Crippen molar-refractivity contribution in [2.75, 3.05) is 63.6 Å². The monoisotopic (exact) mass is 368 g/mol. The molecule has 0 amide bonds. The Morgan fingerprint density at radius 1 is 1.00 bits per heavy atom. The van der Waals surface area contributed by atoms with Crippen molar-refractivity contribution in [3.05, 3.63) is 42.7 Å². The van der Waals surface area contributed by atoms with Gasteiger partial charge in [-0.3, -0.25) is 4.90 Å². The number of anilines is 3. The van der Waals surface area contributed by atoms with Crippen LogP contribution in [-0.4, -0.2) is 73.1 Å². The summed E-state index contributed by atoms with van der Waals surface area (Å²) >= 11 is 0. The second-order valence-corrected chi connectivity index (χ2v) is 8.41. The van der Waals surface area contributed by atoms with Gasteiger partial charge in [0.1, 0.15) is 0 Å². The normalized spacial score (nSPS) is 16.0. The number of nitrogens with zero attached hydrogens (tertiary/aromatic N) is 5. The third-order valence-corrected chi connectivity index (χ3v) is 4.82. The van der Waals surface area contributed by atoms with E-state index in [2.05, 4.69) is 82.2 Å². The highest BCUT2D eigenvalue weighted by molar-refractivity contribution is 5.59. The fourth-order valence-electron chi connectivity index (χ4n) is 3.92. The first kappa shape index (κ1) is 19.6. The average Bonchev–Trinajstić information content (AvgIpc) is 2.62. The van der Waals surface area contributed by atoms with Gasteiger partial charge in [0.05, 0.1) is 0 Å². The summed E-state index contributed by atoms with van der Waals surface area (Å²) in [5, 5.41) is 3.23. The Labute approximate surface area is 163 Å². The molecular formula is C21H32N6. The lowest BCUT2D eigenvalue weighted by Gasteiger charge is -2.40. The molecule has 0 bridgehead atoms. The first-order valence-electron chi connectivity index (χ1n) is 9.67. The highest BCUT2D eigenvalue weighted by atomic mass is 15.3. The summed E-state index contributed by atoms with van der Waals surface area (Å²) in [6, 6.07) is 10.4. The van der Waals surface area contributed by atoms with Gasteiger partial charge in [-0.05, 0) is 49.8 Å². The van der Waals surface area contributed by atoms with Gasteiger partial charge in [-0.25, -0.2) is 9.97 Å². The molecule has 146 valence electrons. The molecule has 0 unspecified atom stereocenters. The molecule has 0 saturated carbocycles. The first-order valence-corrected chi connectivity index (χ1v) is 9.67. The smallest absolute Gasteiger partial charge is 0.227 e. The van der Waals surface area contributed by atoms with E-state index in [1.54, 1.807) is 12.4 Å². The van der Waals surface area contributed by atoms with E-state index in [9.17, 15) is 0 Å². The van der Waals surface area contributed by atoms with Crippen LogP contribution >= 0.6 is 0 Å². The van der Waals surface area contributed by atoms with Crippen LogP contribution in [0.15, 0.2) is 42.7 Å². The summed E-state index contributed by atoms with van der Waals surface area (Å²) in [5.74, 6) is 0.624. The van der Waals surface area contributed by atoms with Crippen molar-refractivity contribution in [3.63, 3.8) is 0 Å². The lowest BCUT2D eigenvalue weighted by Crippen LogP contribution is -2.50. The van der Waals surface area contributed by atoms with Gasteiger partial charge in [0, 0.05) is 63.0 Å². The number of aromatic nitrogens is 2. The molecular weight excluding hydrogens is 336 g/mol. The molecule has 2 aromatic rings. The number of hydrogen-bond acceptors (Lipinski definition) is 6. The standard InChI is InChI=1S/C21H32N6/c1-21(2,16-25(3)4)17-26-12-14-27(15-13-26)19-8-6-18(7-9-19)24-20-22-10-5-11-23-20/h5-11H,12-17H2,1-4H3,(H,22,23,24). The van der Waals surface area contributed by atoms with Crippen LogP contribution < -0.4 is 10.2 Å². The van der Waals surface area contributed by atoms with Gasteiger partial charge < -0.3 is 15.1 Å². The van der Waals surface area contributed by atoms with E-state index in [0.29, 0.717) is 11.4 Å². The average molecular weight is 369 g/mol. The summed E-state index contributed by atoms with van der Waals surface area (Å²) < 4.78 is 0. The van der Waals surface area contributed by atoms with Crippen molar-refractivity contribution in [1.82, 2.24) is 19.8 Å².